The number of hydrogen-bond donors (Lipinski definition) is 1. The quantitative estimate of drug-likeness (QED) is 0.574. The van der Waals surface area contributed by atoms with E-state index in [0.29, 0.717) is 13.0 Å². The largest absolute Gasteiger partial charge is 0.497 e. The molecule has 1 unspecified atom stereocenters. The minimum absolute atomic E-state index is 0.0757. The van der Waals surface area contributed by atoms with Gasteiger partial charge in [-0.15, -0.1) is 0 Å². The number of nitrogens with one attached hydrogen (secondary N) is 1. The van der Waals surface area contributed by atoms with Crippen molar-refractivity contribution < 1.29 is 14.3 Å². The van der Waals surface area contributed by atoms with Crippen LogP contribution in [0.2, 0.25) is 0 Å². The lowest BCUT2D eigenvalue weighted by atomic mass is 9.98. The normalized spacial score (nSPS) is 15.1. The first kappa shape index (κ1) is 22.2. The molecule has 2 heterocycles. The maximum Gasteiger partial charge on any atom is 0.243 e. The third kappa shape index (κ3) is 5.63. The number of aromatic nitrogens is 1. The highest BCUT2D eigenvalue weighted by Crippen LogP contribution is 2.34. The molecule has 1 aliphatic rings. The Morgan fingerprint density at radius 3 is 2.45 bits per heavy atom. The Bertz CT molecular complexity index is 1120. The van der Waals surface area contributed by atoms with E-state index < -0.39 is 0 Å². The van der Waals surface area contributed by atoms with Crippen LogP contribution in [0.3, 0.4) is 0 Å². The number of carbonyl (C=O) groups excluding carboxylic acids is 2. The van der Waals surface area contributed by atoms with Crippen LogP contribution in [-0.2, 0) is 16.1 Å². The summed E-state index contributed by atoms with van der Waals surface area (Å²) in [4.78, 5) is 29.6. The summed E-state index contributed by atoms with van der Waals surface area (Å²) < 4.78 is 5.26. The zero-order chi connectivity index (χ0) is 23.0. The molecule has 1 N–H and O–H groups in total. The van der Waals surface area contributed by atoms with Crippen molar-refractivity contribution in [2.75, 3.05) is 7.11 Å². The van der Waals surface area contributed by atoms with Crippen molar-refractivity contribution in [1.29, 1.82) is 0 Å². The van der Waals surface area contributed by atoms with Crippen LogP contribution in [0.5, 0.6) is 5.75 Å². The molecule has 1 aromatic heterocycles. The molecule has 7 heteroatoms. The number of amides is 2. The molecule has 3 aromatic rings. The van der Waals surface area contributed by atoms with Crippen molar-refractivity contribution in [2.45, 2.75) is 31.8 Å². The molecule has 1 aliphatic heterocycles. The zero-order valence-electron chi connectivity index (χ0n) is 18.5. The Morgan fingerprint density at radius 1 is 1.00 bits per heavy atom. The number of hydrazone groups is 1. The molecule has 33 heavy (non-hydrogen) atoms. The molecule has 0 fully saturated rings. The maximum atomic E-state index is 13.1. The summed E-state index contributed by atoms with van der Waals surface area (Å²) in [5, 5.41) is 8.99. The van der Waals surface area contributed by atoms with Gasteiger partial charge in [0.1, 0.15) is 5.75 Å². The Morgan fingerprint density at radius 2 is 1.76 bits per heavy atom. The standard InChI is InChI=1S/C26H26N4O3/c1-33-22-12-10-20(11-13-22)24-17-23(19-7-3-2-4-8-19)29-30(24)26(32)15-14-25(31)28-18-21-9-5-6-16-27-21/h2-13,16,24H,14-15,17-18H2,1H3,(H,28,31). The van der Waals surface area contributed by atoms with E-state index in [2.05, 4.69) is 15.4 Å². The highest BCUT2D eigenvalue weighted by Gasteiger charge is 2.33. The second kappa shape index (κ2) is 10.5. The minimum Gasteiger partial charge on any atom is -0.497 e. The van der Waals surface area contributed by atoms with E-state index in [1.165, 1.54) is 5.01 Å². The monoisotopic (exact) mass is 442 g/mol. The predicted molar refractivity (Wildman–Crippen MR) is 125 cm³/mol. The van der Waals surface area contributed by atoms with Gasteiger partial charge in [0.15, 0.2) is 0 Å². The van der Waals surface area contributed by atoms with Crippen molar-refractivity contribution in [2.24, 2.45) is 5.10 Å². The molecule has 7 nitrogen and oxygen atoms in total. The number of ether oxygens (including phenoxy) is 1. The summed E-state index contributed by atoms with van der Waals surface area (Å²) >= 11 is 0. The summed E-state index contributed by atoms with van der Waals surface area (Å²) in [7, 11) is 1.62. The first-order valence-electron chi connectivity index (χ1n) is 10.9. The molecule has 0 spiro atoms. The fraction of sp³-hybridized carbons (Fsp3) is 0.231. The second-order valence-corrected chi connectivity index (χ2v) is 7.74. The average Bonchev–Trinajstić information content (AvgIpc) is 3.33. The van der Waals surface area contributed by atoms with Gasteiger partial charge in [-0.05, 0) is 35.4 Å². The Labute approximate surface area is 193 Å². The lowest BCUT2D eigenvalue weighted by Crippen LogP contribution is -2.29. The Hall–Kier alpha value is -4.00. The fourth-order valence-corrected chi connectivity index (χ4v) is 3.75. The number of carbonyl (C=O) groups is 2. The number of pyridine rings is 1. The number of methoxy groups -OCH3 is 1. The van der Waals surface area contributed by atoms with Crippen LogP contribution >= 0.6 is 0 Å². The van der Waals surface area contributed by atoms with Gasteiger partial charge in [0, 0.05) is 25.5 Å². The summed E-state index contributed by atoms with van der Waals surface area (Å²) in [5.41, 5.74) is 3.58. The number of hydrogen-bond acceptors (Lipinski definition) is 5. The van der Waals surface area contributed by atoms with Gasteiger partial charge in [-0.25, -0.2) is 5.01 Å². The molecule has 2 aromatic carbocycles. The molecule has 0 bridgehead atoms. The topological polar surface area (TPSA) is 83.9 Å². The Balaban J connectivity index is 1.44. The maximum absolute atomic E-state index is 13.1. The molecule has 1 atom stereocenters. The lowest BCUT2D eigenvalue weighted by molar-refractivity contribution is -0.135. The van der Waals surface area contributed by atoms with Crippen LogP contribution < -0.4 is 10.1 Å². The van der Waals surface area contributed by atoms with E-state index in [1.54, 1.807) is 13.3 Å². The smallest absolute Gasteiger partial charge is 0.243 e. The van der Waals surface area contributed by atoms with E-state index in [0.717, 1.165) is 28.3 Å². The fourth-order valence-electron chi connectivity index (χ4n) is 3.75. The highest BCUT2D eigenvalue weighted by molar-refractivity contribution is 6.03. The van der Waals surface area contributed by atoms with E-state index >= 15 is 0 Å². The van der Waals surface area contributed by atoms with Crippen molar-refractivity contribution in [3.8, 4) is 5.75 Å². The summed E-state index contributed by atoms with van der Waals surface area (Å²) in [6.07, 6.45) is 2.45. The molecule has 0 saturated carbocycles. The van der Waals surface area contributed by atoms with Crippen molar-refractivity contribution in [3.05, 3.63) is 95.8 Å². The first-order chi connectivity index (χ1) is 16.1. The van der Waals surface area contributed by atoms with Crippen LogP contribution in [0.1, 0.15) is 42.1 Å². The van der Waals surface area contributed by atoms with Crippen molar-refractivity contribution in [1.82, 2.24) is 15.3 Å². The van der Waals surface area contributed by atoms with Gasteiger partial charge in [-0.2, -0.15) is 5.10 Å². The molecule has 4 rings (SSSR count). The molecule has 0 radical (unpaired) electrons. The minimum atomic E-state index is -0.227. The van der Waals surface area contributed by atoms with Gasteiger partial charge in [0.25, 0.3) is 0 Å². The van der Waals surface area contributed by atoms with Gasteiger partial charge in [-0.1, -0.05) is 48.5 Å². The van der Waals surface area contributed by atoms with E-state index in [9.17, 15) is 9.59 Å². The lowest BCUT2D eigenvalue weighted by Gasteiger charge is -2.22. The van der Waals surface area contributed by atoms with E-state index in [1.807, 2.05) is 72.8 Å². The average molecular weight is 443 g/mol. The number of nitrogens with zero attached hydrogens (tertiary/aromatic N) is 3. The SMILES string of the molecule is COc1ccc(C2CC(c3ccccc3)=NN2C(=O)CCC(=O)NCc2ccccn2)cc1. The summed E-state index contributed by atoms with van der Waals surface area (Å²) in [6, 6.07) is 22.8. The predicted octanol–water partition coefficient (Wildman–Crippen LogP) is 3.86. The van der Waals surface area contributed by atoms with Crippen LogP contribution in [0.4, 0.5) is 0 Å². The number of benzene rings is 2. The first-order valence-corrected chi connectivity index (χ1v) is 10.9. The van der Waals surface area contributed by atoms with Gasteiger partial charge in [-0.3, -0.25) is 14.6 Å². The summed E-state index contributed by atoms with van der Waals surface area (Å²) in [6.45, 7) is 0.336. The van der Waals surface area contributed by atoms with Crippen LogP contribution in [0.15, 0.2) is 84.1 Å². The van der Waals surface area contributed by atoms with Gasteiger partial charge in [0.05, 0.1) is 31.1 Å². The molecule has 0 aliphatic carbocycles. The third-order valence-corrected chi connectivity index (χ3v) is 5.53. The van der Waals surface area contributed by atoms with Crippen LogP contribution in [0.25, 0.3) is 0 Å². The second-order valence-electron chi connectivity index (χ2n) is 7.74. The van der Waals surface area contributed by atoms with Crippen molar-refractivity contribution >= 4 is 17.5 Å². The number of rotatable bonds is 8. The zero-order valence-corrected chi connectivity index (χ0v) is 18.5. The molecule has 168 valence electrons. The van der Waals surface area contributed by atoms with E-state index in [4.69, 9.17) is 4.74 Å². The highest BCUT2D eigenvalue weighted by atomic mass is 16.5. The van der Waals surface area contributed by atoms with Crippen LogP contribution in [-0.4, -0.2) is 34.6 Å². The Kier molecular flexibility index (Phi) is 7.09. The summed E-state index contributed by atoms with van der Waals surface area (Å²) in [5.74, 6) is 0.375. The van der Waals surface area contributed by atoms with Gasteiger partial charge >= 0.3 is 0 Å². The van der Waals surface area contributed by atoms with Gasteiger partial charge in [0.2, 0.25) is 11.8 Å². The van der Waals surface area contributed by atoms with Crippen LogP contribution in [0, 0.1) is 0 Å². The van der Waals surface area contributed by atoms with E-state index in [-0.39, 0.29) is 30.7 Å². The molecular formula is C26H26N4O3. The molecule has 2 amide bonds. The van der Waals surface area contributed by atoms with Crippen molar-refractivity contribution in [3.63, 3.8) is 0 Å². The molecular weight excluding hydrogens is 416 g/mol. The van der Waals surface area contributed by atoms with Gasteiger partial charge < -0.3 is 10.1 Å². The molecule has 0 saturated heterocycles. The third-order valence-electron chi connectivity index (χ3n) is 5.53.